The van der Waals surface area contributed by atoms with Gasteiger partial charge < -0.3 is 85.5 Å². The third-order valence-electron chi connectivity index (χ3n) is 29.6. The molecule has 20 rings (SSSR count). The Hall–Kier alpha value is -11.9. The van der Waals surface area contributed by atoms with E-state index >= 15 is 0 Å². The quantitative estimate of drug-likeness (QED) is 0.0187. The van der Waals surface area contributed by atoms with Crippen molar-refractivity contribution in [2.24, 2.45) is 47.3 Å². The molecule has 15 heterocycles. The van der Waals surface area contributed by atoms with E-state index in [1.165, 1.54) is 96.7 Å². The second-order valence-electron chi connectivity index (χ2n) is 40.4. The Kier molecular flexibility index (Phi) is 37.9. The predicted molar refractivity (Wildman–Crippen MR) is 565 cm³/mol. The number of fused-ring (bicyclic) bond motifs is 5. The third-order valence-corrected chi connectivity index (χ3v) is 29.6. The number of nitrogens with one attached hydrogen (secondary N) is 10. The van der Waals surface area contributed by atoms with E-state index in [1.54, 1.807) is 45.9 Å². The molecule has 32 heteroatoms. The predicted octanol–water partition coefficient (Wildman–Crippen LogP) is 19.1. The number of aromatic nitrogens is 15. The van der Waals surface area contributed by atoms with Crippen LogP contribution in [-0.4, -0.2) is 249 Å². The zero-order valence-corrected chi connectivity index (χ0v) is 80.6. The fraction of sp³-hybridized carbons (Fsp3) is 0.583. The van der Waals surface area contributed by atoms with Gasteiger partial charge in [0, 0.05) is 152 Å². The van der Waals surface area contributed by atoms with Crippen molar-refractivity contribution in [3.05, 3.63) is 154 Å². The number of hydrogen-bond donors (Lipinski definition) is 10. The number of H-pyrrole nitrogens is 5. The lowest BCUT2D eigenvalue weighted by Gasteiger charge is -2.41. The Labute approximate surface area is 829 Å². The van der Waals surface area contributed by atoms with Gasteiger partial charge in [-0.25, -0.2) is 49.8 Å². The Morgan fingerprint density at radius 3 is 0.829 bits per heavy atom. The van der Waals surface area contributed by atoms with Gasteiger partial charge in [-0.15, -0.1) is 0 Å². The number of carbonyl (C=O) groups is 5. The van der Waals surface area contributed by atoms with Crippen LogP contribution in [0.5, 0.6) is 0 Å². The van der Waals surface area contributed by atoms with Crippen molar-refractivity contribution in [3.8, 4) is 0 Å². The number of amides is 5. The topological polar surface area (TPSA) is 388 Å². The minimum Gasteiger partial charge on any atom is -0.384 e. The van der Waals surface area contributed by atoms with Gasteiger partial charge in [0.2, 0.25) is 29.5 Å². The summed E-state index contributed by atoms with van der Waals surface area (Å²) < 4.78 is 10.6. The largest absolute Gasteiger partial charge is 0.384 e. The first-order valence-corrected chi connectivity index (χ1v) is 49.5. The number of hydrogen-bond acceptors (Lipinski definition) is 22. The Bertz CT molecular complexity index is 5370. The number of ether oxygens (including phenoxy) is 2. The molecule has 5 amide bonds. The molecule has 5 aliphatic heterocycles. The molecule has 5 saturated heterocycles. The lowest BCUT2D eigenvalue weighted by atomic mass is 9.90. The van der Waals surface area contributed by atoms with E-state index in [9.17, 15) is 24.0 Å². The SMILES string of the molecule is C.C.C.C.C.C=CC(=O)N1C[C@@H](Nc2ncnc3[nH]cc(CC4CC4)c23)CC[C@H]1C(C)C.C=CC(=O)N1C[C@H](Nc2ncnc3[nH]cc(C4CC4COC)c23)CC[C@@H]1C.C=CC(=O)N1C[C@H](Nc2ncnc3[nH]cc(C4C[C@H]4COC)c23)CC[C@@H]1C.C=CC(=O)N1C[C@H](Nc2ncnc3[nH]cc(CC4CC4)c23)CCC1C(C)C.C=CC(=O)N1C[C@H](Nc2ncnc3[nH]cc(CC4CC4)c23)CC[C@@H]1C(C)C. The highest BCUT2D eigenvalue weighted by Crippen LogP contribution is 2.52. The van der Waals surface area contributed by atoms with Crippen molar-refractivity contribution < 1.29 is 33.4 Å². The minimum atomic E-state index is -0.00967. The van der Waals surface area contributed by atoms with Gasteiger partial charge in [0.05, 0.1) is 26.9 Å². The van der Waals surface area contributed by atoms with E-state index in [-0.39, 0.29) is 127 Å². The van der Waals surface area contributed by atoms with Gasteiger partial charge >= 0.3 is 0 Å². The Balaban J connectivity index is 0.000000166. The van der Waals surface area contributed by atoms with Gasteiger partial charge in [-0.2, -0.15) is 0 Å². The average Bonchev–Trinajstić information content (AvgIpc) is 1.61. The first kappa shape index (κ1) is 108. The monoisotopic (exact) mass is 1920 g/mol. The molecular weight excluding hydrogens is 1760 g/mol. The highest BCUT2D eigenvalue weighted by atomic mass is 16.5. The van der Waals surface area contributed by atoms with E-state index in [0.29, 0.717) is 74.1 Å². The van der Waals surface area contributed by atoms with E-state index in [2.05, 4.69) is 221 Å². The zero-order valence-electron chi connectivity index (χ0n) is 80.6. The number of anilines is 5. The summed E-state index contributed by atoms with van der Waals surface area (Å²) in [7, 11) is 3.50. The van der Waals surface area contributed by atoms with Gasteiger partial charge in [0.15, 0.2) is 0 Å². The molecule has 0 bridgehead atoms. The lowest BCUT2D eigenvalue weighted by molar-refractivity contribution is -0.131. The first-order valence-electron chi connectivity index (χ1n) is 49.5. The number of piperidine rings is 5. The second-order valence-corrected chi connectivity index (χ2v) is 40.4. The molecule has 140 heavy (non-hydrogen) atoms. The third kappa shape index (κ3) is 25.7. The van der Waals surface area contributed by atoms with Gasteiger partial charge in [-0.3, -0.25) is 24.0 Å². The molecule has 0 aromatic carbocycles. The average molecular weight is 1920 g/mol. The molecule has 10 aromatic heterocycles. The van der Waals surface area contributed by atoms with Crippen LogP contribution in [-0.2, 0) is 52.7 Å². The summed E-state index contributed by atoms with van der Waals surface area (Å²) in [5.41, 5.74) is 10.8. The number of aromatic amines is 5. The molecule has 0 radical (unpaired) electrons. The summed E-state index contributed by atoms with van der Waals surface area (Å²) in [6.07, 6.45) is 48.9. The van der Waals surface area contributed by atoms with Gasteiger partial charge in [-0.05, 0) is 266 Å². The molecule has 760 valence electrons. The molecular formula is C108H161N25O7. The van der Waals surface area contributed by atoms with Crippen LogP contribution in [0.1, 0.15) is 248 Å². The van der Waals surface area contributed by atoms with Crippen molar-refractivity contribution >= 4 is 114 Å². The fourth-order valence-corrected chi connectivity index (χ4v) is 21.4. The first-order chi connectivity index (χ1) is 65.4. The van der Waals surface area contributed by atoms with Crippen LogP contribution in [0.4, 0.5) is 29.1 Å². The summed E-state index contributed by atoms with van der Waals surface area (Å²) in [4.78, 5) is 132. The van der Waals surface area contributed by atoms with Crippen LogP contribution in [0.25, 0.3) is 55.2 Å². The number of nitrogens with zero attached hydrogens (tertiary/aromatic N) is 15. The van der Waals surface area contributed by atoms with Crippen LogP contribution < -0.4 is 26.6 Å². The number of carbonyl (C=O) groups excluding carboxylic acids is 5. The minimum absolute atomic E-state index is 0. The molecule has 5 saturated carbocycles. The number of methoxy groups -OCH3 is 2. The zero-order chi connectivity index (χ0) is 94.8. The van der Waals surface area contributed by atoms with E-state index in [4.69, 9.17) is 9.47 Å². The van der Waals surface area contributed by atoms with E-state index in [1.807, 2.05) is 24.5 Å². The molecule has 10 fully saturated rings. The van der Waals surface area contributed by atoms with Crippen molar-refractivity contribution in [1.82, 2.24) is 99.3 Å². The highest BCUT2D eigenvalue weighted by molar-refractivity contribution is 5.96. The molecule has 32 nitrogen and oxygen atoms in total. The maximum Gasteiger partial charge on any atom is 0.246 e. The molecule has 0 spiro atoms. The Morgan fingerprint density at radius 2 is 0.579 bits per heavy atom. The van der Waals surface area contributed by atoms with Crippen LogP contribution in [0, 0.1) is 47.3 Å². The standard InChI is InChI=1S/3C21H29N5O.2C20H27N5O2.5CH4/c3*1-4-18(27)26-11-16(7-8-17(26)13(2)3)25-21-19-15(9-14-5-6-14)10-22-20(19)23-12-24-21;2*1-4-17(26)25-9-14(6-5-12(25)2)24-20-18-16(15-7-13(15)10-27-3)8-21-19(18)22-11-23-20;;;;;/h3*4,10,12-14,16-17H,1,5-9,11H2,2-3H3,(H2,22,23,24,25);2*4,8,11-15H,1,5-7,9-10H2,2-3H3,(H2,21,22,23,24);5*1H4/t16-,17?;2*16-,17-;12-,13?,14+,15?;12-,13-,14+,15?;;;;;/m11000...../s1. The lowest BCUT2D eigenvalue weighted by Crippen LogP contribution is -2.52. The normalized spacial score (nSPS) is 23.9. The summed E-state index contributed by atoms with van der Waals surface area (Å²) in [5.74, 6) is 10.3. The van der Waals surface area contributed by atoms with E-state index in [0.717, 1.165) is 212 Å². The highest BCUT2D eigenvalue weighted by Gasteiger charge is 2.44. The summed E-state index contributed by atoms with van der Waals surface area (Å²) in [5, 5.41) is 23.5. The number of rotatable bonds is 30. The van der Waals surface area contributed by atoms with Crippen LogP contribution >= 0.6 is 0 Å². The maximum atomic E-state index is 12.4. The summed E-state index contributed by atoms with van der Waals surface area (Å²) >= 11 is 0. The summed E-state index contributed by atoms with van der Waals surface area (Å²) in [6.45, 7) is 40.5. The van der Waals surface area contributed by atoms with Crippen molar-refractivity contribution in [1.29, 1.82) is 0 Å². The smallest absolute Gasteiger partial charge is 0.246 e. The molecule has 5 aliphatic carbocycles. The van der Waals surface area contributed by atoms with Crippen LogP contribution in [0.3, 0.4) is 0 Å². The molecule has 10 N–H and O–H groups in total. The van der Waals surface area contributed by atoms with Gasteiger partial charge in [0.25, 0.3) is 0 Å². The maximum absolute atomic E-state index is 12.4. The van der Waals surface area contributed by atoms with E-state index < -0.39 is 0 Å². The van der Waals surface area contributed by atoms with Crippen LogP contribution in [0.2, 0.25) is 0 Å². The molecule has 10 aromatic rings. The van der Waals surface area contributed by atoms with Gasteiger partial charge in [0.1, 0.15) is 89.0 Å². The Morgan fingerprint density at radius 1 is 0.343 bits per heavy atom. The molecule has 14 atom stereocenters. The van der Waals surface area contributed by atoms with Crippen molar-refractivity contribution in [2.75, 3.05) is 86.7 Å². The van der Waals surface area contributed by atoms with Crippen LogP contribution in [0.15, 0.2) is 126 Å². The fourth-order valence-electron chi connectivity index (χ4n) is 21.4. The molecule has 10 aliphatic rings. The summed E-state index contributed by atoms with van der Waals surface area (Å²) in [6, 6.07) is 2.19. The molecule has 4 unspecified atom stereocenters. The second kappa shape index (κ2) is 49.0. The van der Waals surface area contributed by atoms with Crippen molar-refractivity contribution in [3.63, 3.8) is 0 Å². The van der Waals surface area contributed by atoms with Crippen molar-refractivity contribution in [2.45, 2.75) is 300 Å². The van der Waals surface area contributed by atoms with Gasteiger partial charge in [-0.1, -0.05) is 112 Å². The number of likely N-dealkylation sites (tertiary alicyclic amines) is 5.